The average molecular weight is 353 g/mol. The van der Waals surface area contributed by atoms with Gasteiger partial charge in [-0.15, -0.1) is 0 Å². The van der Waals surface area contributed by atoms with Crippen molar-refractivity contribution in [3.63, 3.8) is 0 Å². The maximum Gasteiger partial charge on any atom is 0.342 e. The lowest BCUT2D eigenvalue weighted by molar-refractivity contribution is 0.0316. The lowest BCUT2D eigenvalue weighted by Crippen LogP contribution is -2.24. The van der Waals surface area contributed by atoms with Crippen LogP contribution in [-0.2, 0) is 4.74 Å². The molecule has 2 aromatic rings. The molecule has 0 saturated heterocycles. The van der Waals surface area contributed by atoms with E-state index in [1.165, 1.54) is 26.2 Å². The number of carbonyl (C=O) groups is 2. The fourth-order valence-electron chi connectivity index (χ4n) is 1.99. The van der Waals surface area contributed by atoms with E-state index in [-0.39, 0.29) is 11.3 Å². The summed E-state index contributed by atoms with van der Waals surface area (Å²) in [5.41, 5.74) is 0.529. The van der Waals surface area contributed by atoms with Gasteiger partial charge < -0.3 is 9.47 Å². The van der Waals surface area contributed by atoms with Crippen molar-refractivity contribution in [3.05, 3.63) is 63.6 Å². The second-order valence-corrected chi connectivity index (χ2v) is 5.64. The number of hydrogen-bond donors (Lipinski definition) is 0. The highest BCUT2D eigenvalue weighted by Gasteiger charge is 2.22. The number of Topliss-reactive ketones (excluding diaryl/α,β-unsaturated/α-hetero) is 1. The minimum Gasteiger partial charge on any atom is -0.496 e. The van der Waals surface area contributed by atoms with Gasteiger partial charge in [-0.05, 0) is 37.3 Å². The summed E-state index contributed by atoms with van der Waals surface area (Å²) in [7, 11) is 1.43. The number of esters is 1. The quantitative estimate of drug-likeness (QED) is 0.589. The van der Waals surface area contributed by atoms with Crippen LogP contribution in [0, 0.1) is 0 Å². The second-order valence-electron chi connectivity index (χ2n) is 4.77. The molecule has 0 fully saturated rings. The Morgan fingerprint density at radius 2 is 1.74 bits per heavy atom. The molecule has 2 aromatic carbocycles. The molecule has 6 heteroatoms. The smallest absolute Gasteiger partial charge is 0.342 e. The molecule has 0 spiro atoms. The van der Waals surface area contributed by atoms with Crippen LogP contribution >= 0.6 is 23.2 Å². The van der Waals surface area contributed by atoms with Crippen LogP contribution in [0.25, 0.3) is 0 Å². The third kappa shape index (κ3) is 4.24. The first-order valence-corrected chi connectivity index (χ1v) is 7.52. The van der Waals surface area contributed by atoms with Gasteiger partial charge >= 0.3 is 5.97 Å². The Balaban J connectivity index is 2.17. The van der Waals surface area contributed by atoms with Crippen LogP contribution in [0.2, 0.25) is 10.0 Å². The Bertz CT molecular complexity index is 743. The van der Waals surface area contributed by atoms with Crippen LogP contribution in [0.4, 0.5) is 0 Å². The molecule has 0 radical (unpaired) electrons. The molecule has 0 bridgehead atoms. The van der Waals surface area contributed by atoms with Gasteiger partial charge in [-0.25, -0.2) is 4.79 Å². The lowest BCUT2D eigenvalue weighted by atomic mass is 10.1. The minimum atomic E-state index is -0.968. The van der Waals surface area contributed by atoms with Gasteiger partial charge in [-0.2, -0.15) is 0 Å². The topological polar surface area (TPSA) is 52.6 Å². The number of benzene rings is 2. The molecule has 4 nitrogen and oxygen atoms in total. The van der Waals surface area contributed by atoms with E-state index < -0.39 is 12.1 Å². The molecular weight excluding hydrogens is 339 g/mol. The number of rotatable bonds is 5. The summed E-state index contributed by atoms with van der Waals surface area (Å²) >= 11 is 11.7. The van der Waals surface area contributed by atoms with E-state index in [1.807, 2.05) is 0 Å². The second kappa shape index (κ2) is 7.49. The normalized spacial score (nSPS) is 11.7. The maximum absolute atomic E-state index is 12.3. The maximum atomic E-state index is 12.3. The zero-order valence-corrected chi connectivity index (χ0v) is 14.0. The molecule has 0 aliphatic heterocycles. The highest BCUT2D eigenvalue weighted by atomic mass is 35.5. The zero-order valence-electron chi connectivity index (χ0n) is 12.5. The fourth-order valence-corrected chi connectivity index (χ4v) is 2.36. The van der Waals surface area contributed by atoms with Crippen molar-refractivity contribution in [2.24, 2.45) is 0 Å². The standard InChI is InChI=1S/C17H14Cl2O4/c1-10(16(20)11-4-3-5-12(18)8-11)23-17(21)14-9-13(19)6-7-15(14)22-2/h3-10H,1-2H3. The number of methoxy groups -OCH3 is 1. The van der Waals surface area contributed by atoms with Crippen molar-refractivity contribution in [2.45, 2.75) is 13.0 Å². The molecule has 0 aliphatic carbocycles. The molecule has 120 valence electrons. The first-order chi connectivity index (χ1) is 10.9. The van der Waals surface area contributed by atoms with Crippen LogP contribution in [0.5, 0.6) is 5.75 Å². The Kier molecular flexibility index (Phi) is 5.64. The predicted octanol–water partition coefficient (Wildman–Crippen LogP) is 4.43. The molecule has 0 heterocycles. The van der Waals surface area contributed by atoms with Crippen molar-refractivity contribution < 1.29 is 19.1 Å². The summed E-state index contributed by atoms with van der Waals surface area (Å²) in [6.07, 6.45) is -0.968. The van der Waals surface area contributed by atoms with Crippen LogP contribution in [0.1, 0.15) is 27.6 Å². The summed E-state index contributed by atoms with van der Waals surface area (Å²) in [5.74, 6) is -0.712. The first kappa shape index (κ1) is 17.3. The van der Waals surface area contributed by atoms with E-state index in [0.717, 1.165) is 0 Å². The Morgan fingerprint density at radius 3 is 2.39 bits per heavy atom. The SMILES string of the molecule is COc1ccc(Cl)cc1C(=O)OC(C)C(=O)c1cccc(Cl)c1. The number of ketones is 1. The van der Waals surface area contributed by atoms with E-state index in [9.17, 15) is 9.59 Å². The Hall–Kier alpha value is -2.04. The number of ether oxygens (including phenoxy) is 2. The van der Waals surface area contributed by atoms with Gasteiger partial charge in [-0.3, -0.25) is 4.79 Å². The summed E-state index contributed by atoms with van der Waals surface area (Å²) in [6.45, 7) is 1.50. The Labute approximate surface area is 143 Å². The van der Waals surface area contributed by atoms with Gasteiger partial charge in [0.05, 0.1) is 7.11 Å². The van der Waals surface area contributed by atoms with Crippen molar-refractivity contribution in [3.8, 4) is 5.75 Å². The van der Waals surface area contributed by atoms with Crippen molar-refractivity contribution in [1.29, 1.82) is 0 Å². The molecule has 0 aliphatic rings. The third-order valence-corrected chi connectivity index (χ3v) is 3.61. The highest BCUT2D eigenvalue weighted by molar-refractivity contribution is 6.31. The van der Waals surface area contributed by atoms with Crippen molar-refractivity contribution in [2.75, 3.05) is 7.11 Å². The molecule has 23 heavy (non-hydrogen) atoms. The van der Waals surface area contributed by atoms with Crippen molar-refractivity contribution >= 4 is 35.0 Å². The zero-order chi connectivity index (χ0) is 17.0. The average Bonchev–Trinajstić information content (AvgIpc) is 2.53. The first-order valence-electron chi connectivity index (χ1n) is 6.76. The fraction of sp³-hybridized carbons (Fsp3) is 0.176. The number of halogens is 2. The molecule has 1 unspecified atom stereocenters. The van der Waals surface area contributed by atoms with Gasteiger partial charge in [0, 0.05) is 15.6 Å². The monoisotopic (exact) mass is 352 g/mol. The van der Waals surface area contributed by atoms with E-state index >= 15 is 0 Å². The molecule has 1 atom stereocenters. The highest BCUT2D eigenvalue weighted by Crippen LogP contribution is 2.24. The molecular formula is C17H14Cl2O4. The van der Waals surface area contributed by atoms with Gasteiger partial charge in [0.2, 0.25) is 5.78 Å². The van der Waals surface area contributed by atoms with E-state index in [0.29, 0.717) is 21.4 Å². The van der Waals surface area contributed by atoms with Gasteiger partial charge in [0.1, 0.15) is 11.3 Å². The van der Waals surface area contributed by atoms with Crippen molar-refractivity contribution in [1.82, 2.24) is 0 Å². The van der Waals surface area contributed by atoms with Crippen LogP contribution < -0.4 is 4.74 Å². The summed E-state index contributed by atoms with van der Waals surface area (Å²) in [6, 6.07) is 11.0. The number of carbonyl (C=O) groups excluding carboxylic acids is 2. The molecule has 0 N–H and O–H groups in total. The third-order valence-electron chi connectivity index (χ3n) is 3.14. The summed E-state index contributed by atoms with van der Waals surface area (Å²) in [4.78, 5) is 24.5. The van der Waals surface area contributed by atoms with Gasteiger partial charge in [0.15, 0.2) is 6.10 Å². The van der Waals surface area contributed by atoms with Crippen LogP contribution in [0.15, 0.2) is 42.5 Å². The van der Waals surface area contributed by atoms with Crippen LogP contribution in [-0.4, -0.2) is 25.0 Å². The minimum absolute atomic E-state index is 0.158. The predicted molar refractivity (Wildman–Crippen MR) is 88.7 cm³/mol. The van der Waals surface area contributed by atoms with Crippen LogP contribution in [0.3, 0.4) is 0 Å². The summed E-state index contributed by atoms with van der Waals surface area (Å²) < 4.78 is 10.3. The lowest BCUT2D eigenvalue weighted by Gasteiger charge is -2.14. The molecule has 0 amide bonds. The van der Waals surface area contributed by atoms with E-state index in [1.54, 1.807) is 30.3 Å². The van der Waals surface area contributed by atoms with Gasteiger partial charge in [-0.1, -0.05) is 35.3 Å². The van der Waals surface area contributed by atoms with E-state index in [2.05, 4.69) is 0 Å². The number of hydrogen-bond acceptors (Lipinski definition) is 4. The molecule has 2 rings (SSSR count). The summed E-state index contributed by atoms with van der Waals surface area (Å²) in [5, 5.41) is 0.803. The van der Waals surface area contributed by atoms with E-state index in [4.69, 9.17) is 32.7 Å². The Morgan fingerprint density at radius 1 is 1.04 bits per heavy atom. The largest absolute Gasteiger partial charge is 0.496 e. The molecule has 0 saturated carbocycles. The molecule has 0 aromatic heterocycles. The van der Waals surface area contributed by atoms with Gasteiger partial charge in [0.25, 0.3) is 0 Å².